The molecule has 1 aliphatic carbocycles. The second-order valence-corrected chi connectivity index (χ2v) is 12.2. The number of nitrogens with one attached hydrogen (secondary N) is 1. The van der Waals surface area contributed by atoms with Crippen LogP contribution in [0.1, 0.15) is 60.8 Å². The van der Waals surface area contributed by atoms with Gasteiger partial charge in [-0.2, -0.15) is 4.31 Å². The van der Waals surface area contributed by atoms with Gasteiger partial charge in [0.15, 0.2) is 0 Å². The molecule has 2 aliphatic heterocycles. The highest BCUT2D eigenvalue weighted by atomic mass is 32.2. The molecule has 3 aliphatic rings. The van der Waals surface area contributed by atoms with Crippen LogP contribution in [-0.4, -0.2) is 49.7 Å². The number of carbonyl (C=O) groups is 1. The molecule has 0 radical (unpaired) electrons. The molecule has 35 heavy (non-hydrogen) atoms. The Morgan fingerprint density at radius 1 is 0.857 bits per heavy atom. The number of sulfonamides is 1. The summed E-state index contributed by atoms with van der Waals surface area (Å²) in [5, 5.41) is 3.13. The predicted molar refractivity (Wildman–Crippen MR) is 137 cm³/mol. The van der Waals surface area contributed by atoms with Gasteiger partial charge in [0.2, 0.25) is 15.9 Å². The Labute approximate surface area is 209 Å². The number of benzene rings is 2. The van der Waals surface area contributed by atoms with Crippen LogP contribution in [-0.2, 0) is 40.7 Å². The van der Waals surface area contributed by atoms with Gasteiger partial charge in [0, 0.05) is 32.1 Å². The molecular formula is C28H37N3O3S. The molecule has 2 heterocycles. The number of piperidine rings is 1. The van der Waals surface area contributed by atoms with Crippen molar-refractivity contribution >= 4 is 15.9 Å². The third-order valence-electron chi connectivity index (χ3n) is 7.95. The van der Waals surface area contributed by atoms with E-state index in [9.17, 15) is 13.2 Å². The lowest BCUT2D eigenvalue weighted by molar-refractivity contribution is -0.126. The molecule has 1 amide bonds. The molecule has 1 N–H and O–H groups in total. The number of carbonyl (C=O) groups excluding carboxylic acids is 1. The SMILES string of the molecule is O=C(NCc1ccccc1CN1CCCC1)C1CCN(S(=O)(=O)c2ccc3c(c2)CCCC3)CC1. The molecule has 0 bridgehead atoms. The van der Waals surface area contributed by atoms with Crippen LogP contribution >= 0.6 is 0 Å². The fourth-order valence-corrected chi connectivity index (χ4v) is 7.29. The van der Waals surface area contributed by atoms with Crippen LogP contribution in [0.15, 0.2) is 47.4 Å². The third-order valence-corrected chi connectivity index (χ3v) is 9.84. The Morgan fingerprint density at radius 2 is 1.54 bits per heavy atom. The minimum absolute atomic E-state index is 0.0341. The van der Waals surface area contributed by atoms with Gasteiger partial charge in [-0.25, -0.2) is 8.42 Å². The van der Waals surface area contributed by atoms with E-state index in [4.69, 9.17) is 0 Å². The van der Waals surface area contributed by atoms with Crippen LogP contribution in [0.4, 0.5) is 0 Å². The van der Waals surface area contributed by atoms with E-state index < -0.39 is 10.0 Å². The first kappa shape index (κ1) is 24.5. The maximum Gasteiger partial charge on any atom is 0.243 e. The molecule has 5 rings (SSSR count). The molecular weight excluding hydrogens is 458 g/mol. The minimum atomic E-state index is -3.52. The van der Waals surface area contributed by atoms with Crippen molar-refractivity contribution in [1.29, 1.82) is 0 Å². The molecule has 2 fully saturated rings. The first-order valence-electron chi connectivity index (χ1n) is 13.2. The van der Waals surface area contributed by atoms with Gasteiger partial charge in [-0.05, 0) is 98.8 Å². The average molecular weight is 496 g/mol. The highest BCUT2D eigenvalue weighted by Gasteiger charge is 2.32. The van der Waals surface area contributed by atoms with E-state index in [2.05, 4.69) is 28.4 Å². The fourth-order valence-electron chi connectivity index (χ4n) is 5.77. The zero-order chi connectivity index (χ0) is 24.3. The zero-order valence-corrected chi connectivity index (χ0v) is 21.4. The van der Waals surface area contributed by atoms with Gasteiger partial charge in [0.05, 0.1) is 4.90 Å². The highest BCUT2D eigenvalue weighted by Crippen LogP contribution is 2.28. The lowest BCUT2D eigenvalue weighted by Crippen LogP contribution is -2.43. The van der Waals surface area contributed by atoms with Gasteiger partial charge in [0.25, 0.3) is 0 Å². The number of nitrogens with zero attached hydrogens (tertiary/aromatic N) is 2. The summed E-state index contributed by atoms with van der Waals surface area (Å²) in [5.41, 5.74) is 4.91. The fraction of sp³-hybridized carbons (Fsp3) is 0.536. The van der Waals surface area contributed by atoms with Crippen LogP contribution in [0.2, 0.25) is 0 Å². The summed E-state index contributed by atoms with van der Waals surface area (Å²) < 4.78 is 28.1. The summed E-state index contributed by atoms with van der Waals surface area (Å²) in [6.07, 6.45) is 7.95. The predicted octanol–water partition coefficient (Wildman–Crippen LogP) is 3.88. The minimum Gasteiger partial charge on any atom is -0.352 e. The number of rotatable bonds is 7. The summed E-state index contributed by atoms with van der Waals surface area (Å²) in [6, 6.07) is 14.0. The van der Waals surface area contributed by atoms with Crippen LogP contribution in [0, 0.1) is 5.92 Å². The van der Waals surface area contributed by atoms with Gasteiger partial charge >= 0.3 is 0 Å². The molecule has 0 spiro atoms. The second kappa shape index (κ2) is 10.8. The zero-order valence-electron chi connectivity index (χ0n) is 20.5. The summed E-state index contributed by atoms with van der Waals surface area (Å²) in [5.74, 6) is -0.109. The molecule has 7 heteroatoms. The summed E-state index contributed by atoms with van der Waals surface area (Å²) in [7, 11) is -3.52. The molecule has 2 aromatic carbocycles. The lowest BCUT2D eigenvalue weighted by atomic mass is 9.92. The van der Waals surface area contributed by atoms with E-state index >= 15 is 0 Å². The largest absolute Gasteiger partial charge is 0.352 e. The van der Waals surface area contributed by atoms with Gasteiger partial charge in [-0.3, -0.25) is 9.69 Å². The molecule has 6 nitrogen and oxygen atoms in total. The summed E-state index contributed by atoms with van der Waals surface area (Å²) >= 11 is 0. The van der Waals surface area contributed by atoms with Crippen molar-refractivity contribution in [2.75, 3.05) is 26.2 Å². The quantitative estimate of drug-likeness (QED) is 0.633. The maximum atomic E-state index is 13.3. The molecule has 0 saturated carbocycles. The van der Waals surface area contributed by atoms with Crippen LogP contribution in [0.3, 0.4) is 0 Å². The molecule has 188 valence electrons. The molecule has 2 saturated heterocycles. The number of aryl methyl sites for hydroxylation is 2. The second-order valence-electron chi connectivity index (χ2n) is 10.3. The van der Waals surface area contributed by atoms with E-state index in [1.54, 1.807) is 10.4 Å². The first-order valence-corrected chi connectivity index (χ1v) is 14.6. The van der Waals surface area contributed by atoms with E-state index in [0.717, 1.165) is 38.9 Å². The van der Waals surface area contributed by atoms with Gasteiger partial charge < -0.3 is 5.32 Å². The number of fused-ring (bicyclic) bond motifs is 1. The Balaban J connectivity index is 1.15. The van der Waals surface area contributed by atoms with Crippen LogP contribution in [0.25, 0.3) is 0 Å². The van der Waals surface area contributed by atoms with Crippen molar-refractivity contribution < 1.29 is 13.2 Å². The summed E-state index contributed by atoms with van der Waals surface area (Å²) in [4.78, 5) is 15.8. The van der Waals surface area contributed by atoms with Crippen molar-refractivity contribution in [1.82, 2.24) is 14.5 Å². The molecule has 0 unspecified atom stereocenters. The number of hydrogen-bond donors (Lipinski definition) is 1. The number of likely N-dealkylation sites (tertiary alicyclic amines) is 1. The van der Waals surface area contributed by atoms with E-state index in [0.29, 0.717) is 37.4 Å². The van der Waals surface area contributed by atoms with Gasteiger partial charge in [-0.1, -0.05) is 30.3 Å². The van der Waals surface area contributed by atoms with Crippen LogP contribution < -0.4 is 5.32 Å². The van der Waals surface area contributed by atoms with E-state index in [1.807, 2.05) is 18.2 Å². The monoisotopic (exact) mass is 495 g/mol. The lowest BCUT2D eigenvalue weighted by Gasteiger charge is -2.31. The normalized spacial score (nSPS) is 20.0. The molecule has 0 atom stereocenters. The standard InChI is InChI=1S/C28H37N3O3S/c32-28(29-20-25-9-3-4-10-26(25)21-30-15-5-6-16-30)23-13-17-31(18-14-23)35(33,34)27-12-11-22-7-1-2-8-24(22)19-27/h3-4,9-12,19,23H,1-2,5-8,13-18,20-21H2,(H,29,32). The number of hydrogen-bond acceptors (Lipinski definition) is 4. The van der Waals surface area contributed by atoms with Gasteiger partial charge in [0.1, 0.15) is 0 Å². The first-order chi connectivity index (χ1) is 17.0. The van der Waals surface area contributed by atoms with Crippen molar-refractivity contribution in [3.8, 4) is 0 Å². The third kappa shape index (κ3) is 5.63. The Kier molecular flexibility index (Phi) is 7.56. The van der Waals surface area contributed by atoms with Crippen molar-refractivity contribution in [2.45, 2.75) is 69.4 Å². The smallest absolute Gasteiger partial charge is 0.243 e. The average Bonchev–Trinajstić information content (AvgIpc) is 3.41. The Bertz CT molecular complexity index is 1150. The highest BCUT2D eigenvalue weighted by molar-refractivity contribution is 7.89. The molecule has 0 aromatic heterocycles. The Hall–Kier alpha value is -2.22. The summed E-state index contributed by atoms with van der Waals surface area (Å²) in [6.45, 7) is 4.54. The van der Waals surface area contributed by atoms with Crippen molar-refractivity contribution in [3.05, 3.63) is 64.7 Å². The van der Waals surface area contributed by atoms with Crippen molar-refractivity contribution in [2.24, 2.45) is 5.92 Å². The van der Waals surface area contributed by atoms with Gasteiger partial charge in [-0.15, -0.1) is 0 Å². The number of amides is 1. The molecule has 2 aromatic rings. The van der Waals surface area contributed by atoms with Crippen LogP contribution in [0.5, 0.6) is 0 Å². The van der Waals surface area contributed by atoms with Crippen molar-refractivity contribution in [3.63, 3.8) is 0 Å². The topological polar surface area (TPSA) is 69.7 Å². The van der Waals surface area contributed by atoms with E-state index in [1.165, 1.54) is 41.5 Å². The van der Waals surface area contributed by atoms with E-state index in [-0.39, 0.29) is 11.8 Å². The maximum absolute atomic E-state index is 13.3. The Morgan fingerprint density at radius 3 is 2.29 bits per heavy atom.